The van der Waals surface area contributed by atoms with Crippen molar-refractivity contribution in [3.8, 4) is 0 Å². The van der Waals surface area contributed by atoms with Crippen LogP contribution in [0, 0.1) is 13.8 Å². The molecule has 0 aliphatic rings. The molecule has 2 aromatic rings. The minimum atomic E-state index is -0.289. The molecule has 2 aromatic carbocycles. The van der Waals surface area contributed by atoms with Gasteiger partial charge in [-0.1, -0.05) is 41.9 Å². The molecule has 2 N–H and O–H groups in total. The highest BCUT2D eigenvalue weighted by Crippen LogP contribution is 2.19. The minimum Gasteiger partial charge on any atom is -0.347 e. The van der Waals surface area contributed by atoms with Crippen LogP contribution in [0.5, 0.6) is 0 Å². The number of anilines is 1. The number of nitrogens with one attached hydrogen (secondary N) is 2. The van der Waals surface area contributed by atoms with Crippen LogP contribution >= 0.6 is 11.6 Å². The normalized spacial score (nSPS) is 10.2. The predicted molar refractivity (Wildman–Crippen MR) is 92.7 cm³/mol. The summed E-state index contributed by atoms with van der Waals surface area (Å²) in [5.74, 6) is -0.473. The van der Waals surface area contributed by atoms with Crippen molar-refractivity contribution in [1.29, 1.82) is 0 Å². The second kappa shape index (κ2) is 7.79. The van der Waals surface area contributed by atoms with Crippen molar-refractivity contribution >= 4 is 29.1 Å². The van der Waals surface area contributed by atoms with Crippen molar-refractivity contribution < 1.29 is 9.59 Å². The molecular weight excluding hydrogens is 312 g/mol. The lowest BCUT2D eigenvalue weighted by atomic mass is 10.1. The second-order valence-electron chi connectivity index (χ2n) is 5.39. The molecule has 0 bridgehead atoms. The summed E-state index contributed by atoms with van der Waals surface area (Å²) in [6.45, 7) is 3.77. The first-order chi connectivity index (χ1) is 11.0. The first kappa shape index (κ1) is 17.0. The van der Waals surface area contributed by atoms with Gasteiger partial charge in [-0.05, 0) is 42.7 Å². The van der Waals surface area contributed by atoms with E-state index in [0.29, 0.717) is 10.7 Å². The zero-order chi connectivity index (χ0) is 16.8. The second-order valence-corrected chi connectivity index (χ2v) is 5.80. The molecule has 0 aliphatic carbocycles. The van der Waals surface area contributed by atoms with Gasteiger partial charge in [-0.3, -0.25) is 9.59 Å². The van der Waals surface area contributed by atoms with Crippen LogP contribution in [-0.2, 0) is 16.0 Å². The van der Waals surface area contributed by atoms with E-state index in [0.717, 1.165) is 16.7 Å². The maximum absolute atomic E-state index is 11.9. The van der Waals surface area contributed by atoms with Crippen molar-refractivity contribution in [3.63, 3.8) is 0 Å². The number of carbonyl (C=O) groups excluding carboxylic acids is 2. The minimum absolute atomic E-state index is 0.0732. The lowest BCUT2D eigenvalue weighted by Crippen LogP contribution is -2.33. The SMILES string of the molecule is Cc1ccc(NC(=O)CNC(=O)Cc2ccccc2C)cc1Cl. The Kier molecular flexibility index (Phi) is 5.77. The third-order valence-corrected chi connectivity index (χ3v) is 3.92. The van der Waals surface area contributed by atoms with E-state index in [-0.39, 0.29) is 24.8 Å². The van der Waals surface area contributed by atoms with Gasteiger partial charge in [0, 0.05) is 10.7 Å². The Morgan fingerprint density at radius 2 is 1.74 bits per heavy atom. The highest BCUT2D eigenvalue weighted by Gasteiger charge is 2.08. The molecule has 0 heterocycles. The van der Waals surface area contributed by atoms with Gasteiger partial charge in [0.2, 0.25) is 11.8 Å². The van der Waals surface area contributed by atoms with Crippen LogP contribution in [0.3, 0.4) is 0 Å². The van der Waals surface area contributed by atoms with E-state index in [1.54, 1.807) is 12.1 Å². The summed E-state index contributed by atoms with van der Waals surface area (Å²) in [6, 6.07) is 13.0. The van der Waals surface area contributed by atoms with E-state index in [9.17, 15) is 9.59 Å². The summed E-state index contributed by atoms with van der Waals surface area (Å²) >= 11 is 6.01. The molecule has 5 heteroatoms. The number of amides is 2. The van der Waals surface area contributed by atoms with Gasteiger partial charge >= 0.3 is 0 Å². The average molecular weight is 331 g/mol. The Labute approximate surface area is 140 Å². The number of carbonyl (C=O) groups is 2. The fourth-order valence-corrected chi connectivity index (χ4v) is 2.28. The molecule has 0 atom stereocenters. The third-order valence-electron chi connectivity index (χ3n) is 3.51. The molecule has 0 saturated heterocycles. The molecule has 4 nitrogen and oxygen atoms in total. The fourth-order valence-electron chi connectivity index (χ4n) is 2.10. The number of hydrogen-bond acceptors (Lipinski definition) is 2. The Hall–Kier alpha value is -2.33. The molecule has 0 aliphatic heterocycles. The van der Waals surface area contributed by atoms with Gasteiger partial charge in [-0.15, -0.1) is 0 Å². The van der Waals surface area contributed by atoms with Gasteiger partial charge in [0.25, 0.3) is 0 Å². The molecule has 2 amide bonds. The van der Waals surface area contributed by atoms with Crippen LogP contribution < -0.4 is 10.6 Å². The van der Waals surface area contributed by atoms with Gasteiger partial charge in [0.15, 0.2) is 0 Å². The highest BCUT2D eigenvalue weighted by molar-refractivity contribution is 6.31. The van der Waals surface area contributed by atoms with Crippen LogP contribution in [0.15, 0.2) is 42.5 Å². The largest absolute Gasteiger partial charge is 0.347 e. The quantitative estimate of drug-likeness (QED) is 0.884. The van der Waals surface area contributed by atoms with Crippen molar-refractivity contribution in [2.45, 2.75) is 20.3 Å². The molecule has 2 rings (SSSR count). The molecular formula is C18H19ClN2O2. The number of halogens is 1. The monoisotopic (exact) mass is 330 g/mol. The van der Waals surface area contributed by atoms with E-state index in [4.69, 9.17) is 11.6 Å². The van der Waals surface area contributed by atoms with Crippen molar-refractivity contribution in [3.05, 3.63) is 64.2 Å². The van der Waals surface area contributed by atoms with Gasteiger partial charge in [0.1, 0.15) is 0 Å². The molecule has 0 aromatic heterocycles. The number of aryl methyl sites for hydroxylation is 2. The Bertz CT molecular complexity index is 729. The lowest BCUT2D eigenvalue weighted by Gasteiger charge is -2.09. The summed E-state index contributed by atoms with van der Waals surface area (Å²) < 4.78 is 0. The Morgan fingerprint density at radius 1 is 1.00 bits per heavy atom. The predicted octanol–water partition coefficient (Wildman–Crippen LogP) is 3.25. The number of benzene rings is 2. The summed E-state index contributed by atoms with van der Waals surface area (Å²) in [5.41, 5.74) is 3.56. The number of rotatable bonds is 5. The zero-order valence-electron chi connectivity index (χ0n) is 13.2. The van der Waals surface area contributed by atoms with Crippen molar-refractivity contribution in [2.75, 3.05) is 11.9 Å². The molecule has 0 spiro atoms. The van der Waals surface area contributed by atoms with Crippen LogP contribution in [0.1, 0.15) is 16.7 Å². The molecule has 0 radical (unpaired) electrons. The maximum Gasteiger partial charge on any atom is 0.243 e. The zero-order valence-corrected chi connectivity index (χ0v) is 13.9. The Balaban J connectivity index is 1.83. The third kappa shape index (κ3) is 5.11. The van der Waals surface area contributed by atoms with Crippen molar-refractivity contribution in [1.82, 2.24) is 5.32 Å². The van der Waals surface area contributed by atoms with Crippen LogP contribution in [-0.4, -0.2) is 18.4 Å². The molecule has 0 fully saturated rings. The fraction of sp³-hybridized carbons (Fsp3) is 0.222. The van der Waals surface area contributed by atoms with Crippen LogP contribution in [0.4, 0.5) is 5.69 Å². The van der Waals surface area contributed by atoms with Crippen LogP contribution in [0.25, 0.3) is 0 Å². The smallest absolute Gasteiger partial charge is 0.243 e. The van der Waals surface area contributed by atoms with Crippen molar-refractivity contribution in [2.24, 2.45) is 0 Å². The topological polar surface area (TPSA) is 58.2 Å². The van der Waals surface area contributed by atoms with Gasteiger partial charge in [0.05, 0.1) is 13.0 Å². The number of hydrogen-bond donors (Lipinski definition) is 2. The van der Waals surface area contributed by atoms with E-state index in [1.807, 2.05) is 44.2 Å². The summed E-state index contributed by atoms with van der Waals surface area (Å²) in [7, 11) is 0. The van der Waals surface area contributed by atoms with E-state index < -0.39 is 0 Å². The summed E-state index contributed by atoms with van der Waals surface area (Å²) in [6.07, 6.45) is 0.260. The first-order valence-electron chi connectivity index (χ1n) is 7.33. The van der Waals surface area contributed by atoms with Gasteiger partial charge in [-0.2, -0.15) is 0 Å². The van der Waals surface area contributed by atoms with E-state index >= 15 is 0 Å². The Morgan fingerprint density at radius 3 is 2.43 bits per heavy atom. The van der Waals surface area contributed by atoms with Gasteiger partial charge < -0.3 is 10.6 Å². The molecule has 0 unspecified atom stereocenters. The average Bonchev–Trinajstić information content (AvgIpc) is 2.51. The molecule has 120 valence electrons. The van der Waals surface area contributed by atoms with E-state index in [2.05, 4.69) is 10.6 Å². The summed E-state index contributed by atoms with van der Waals surface area (Å²) in [4.78, 5) is 23.8. The lowest BCUT2D eigenvalue weighted by molar-refractivity contribution is -0.123. The van der Waals surface area contributed by atoms with E-state index in [1.165, 1.54) is 0 Å². The first-order valence-corrected chi connectivity index (χ1v) is 7.70. The molecule has 23 heavy (non-hydrogen) atoms. The van der Waals surface area contributed by atoms with Gasteiger partial charge in [-0.25, -0.2) is 0 Å². The summed E-state index contributed by atoms with van der Waals surface area (Å²) in [5, 5.41) is 5.91. The highest BCUT2D eigenvalue weighted by atomic mass is 35.5. The standard InChI is InChI=1S/C18H19ClN2O2/c1-12-5-3-4-6-14(12)9-17(22)20-11-18(23)21-15-8-7-13(2)16(19)10-15/h3-8,10H,9,11H2,1-2H3,(H,20,22)(H,21,23). The van der Waals surface area contributed by atoms with Crippen LogP contribution in [0.2, 0.25) is 5.02 Å². The molecule has 0 saturated carbocycles. The maximum atomic E-state index is 11.9.